The standard InChI is InChI=1S/C14H15N3O3S/c15-11-6-5-9(21(16,18)19)7-12(11)17-13-8-20-14-4-2-1-3-10(13)14/h1-7,13,17H,8,15H2,(H2,16,18,19). The number of nitrogen functional groups attached to an aromatic ring is 1. The van der Waals surface area contributed by atoms with E-state index in [0.29, 0.717) is 18.0 Å². The Balaban J connectivity index is 1.93. The van der Waals surface area contributed by atoms with E-state index in [1.807, 2.05) is 24.3 Å². The minimum Gasteiger partial charge on any atom is -0.491 e. The van der Waals surface area contributed by atoms with Gasteiger partial charge in [0.15, 0.2) is 0 Å². The van der Waals surface area contributed by atoms with Crippen LogP contribution in [0, 0.1) is 0 Å². The first-order valence-electron chi connectivity index (χ1n) is 6.36. The Kier molecular flexibility index (Phi) is 3.23. The van der Waals surface area contributed by atoms with Gasteiger partial charge in [-0.2, -0.15) is 0 Å². The van der Waals surface area contributed by atoms with Gasteiger partial charge in [0.25, 0.3) is 0 Å². The van der Waals surface area contributed by atoms with E-state index in [2.05, 4.69) is 5.32 Å². The number of ether oxygens (including phenoxy) is 1. The lowest BCUT2D eigenvalue weighted by molar-refractivity contribution is 0.340. The molecule has 1 aliphatic heterocycles. The molecule has 0 amide bonds. The van der Waals surface area contributed by atoms with Crippen LogP contribution in [-0.2, 0) is 10.0 Å². The zero-order chi connectivity index (χ0) is 15.0. The number of hydrogen-bond donors (Lipinski definition) is 3. The van der Waals surface area contributed by atoms with Gasteiger partial charge in [-0.1, -0.05) is 18.2 Å². The van der Waals surface area contributed by atoms with Gasteiger partial charge in [0.2, 0.25) is 10.0 Å². The van der Waals surface area contributed by atoms with E-state index in [1.165, 1.54) is 18.2 Å². The second kappa shape index (κ2) is 4.94. The largest absolute Gasteiger partial charge is 0.491 e. The van der Waals surface area contributed by atoms with Crippen LogP contribution in [0.4, 0.5) is 11.4 Å². The van der Waals surface area contributed by atoms with Crippen LogP contribution >= 0.6 is 0 Å². The van der Waals surface area contributed by atoms with E-state index in [-0.39, 0.29) is 10.9 Å². The molecule has 7 heteroatoms. The number of sulfonamides is 1. The third-order valence-corrected chi connectivity index (χ3v) is 4.29. The van der Waals surface area contributed by atoms with E-state index in [0.717, 1.165) is 11.3 Å². The van der Waals surface area contributed by atoms with E-state index in [9.17, 15) is 8.42 Å². The molecule has 1 aliphatic rings. The lowest BCUT2D eigenvalue weighted by Crippen LogP contribution is -2.15. The molecule has 0 saturated heterocycles. The van der Waals surface area contributed by atoms with Gasteiger partial charge < -0.3 is 15.8 Å². The summed E-state index contributed by atoms with van der Waals surface area (Å²) in [6.45, 7) is 0.457. The molecule has 0 spiro atoms. The Morgan fingerprint density at radius 1 is 1.19 bits per heavy atom. The number of nitrogens with two attached hydrogens (primary N) is 2. The van der Waals surface area contributed by atoms with Crippen LogP contribution < -0.4 is 20.9 Å². The molecule has 0 bridgehead atoms. The highest BCUT2D eigenvalue weighted by molar-refractivity contribution is 7.89. The molecule has 110 valence electrons. The van der Waals surface area contributed by atoms with Crippen molar-refractivity contribution >= 4 is 21.4 Å². The Bertz CT molecular complexity index is 790. The van der Waals surface area contributed by atoms with Gasteiger partial charge in [0.1, 0.15) is 12.4 Å². The number of para-hydroxylation sites is 1. The van der Waals surface area contributed by atoms with Crippen molar-refractivity contribution in [3.05, 3.63) is 48.0 Å². The number of hydrogen-bond acceptors (Lipinski definition) is 5. The number of primary sulfonamides is 1. The molecule has 6 nitrogen and oxygen atoms in total. The quantitative estimate of drug-likeness (QED) is 0.744. The van der Waals surface area contributed by atoms with Crippen LogP contribution in [0.2, 0.25) is 0 Å². The predicted octanol–water partition coefficient (Wildman–Crippen LogP) is 1.46. The number of benzene rings is 2. The van der Waals surface area contributed by atoms with Gasteiger partial charge in [0, 0.05) is 5.56 Å². The topological polar surface area (TPSA) is 107 Å². The first kappa shape index (κ1) is 13.7. The van der Waals surface area contributed by atoms with Crippen LogP contribution in [0.25, 0.3) is 0 Å². The fourth-order valence-corrected chi connectivity index (χ4v) is 2.85. The first-order valence-corrected chi connectivity index (χ1v) is 7.90. The van der Waals surface area contributed by atoms with Gasteiger partial charge in [-0.15, -0.1) is 0 Å². The third kappa shape index (κ3) is 2.65. The van der Waals surface area contributed by atoms with Gasteiger partial charge in [-0.3, -0.25) is 0 Å². The van der Waals surface area contributed by atoms with Gasteiger partial charge >= 0.3 is 0 Å². The number of fused-ring (bicyclic) bond motifs is 1. The molecule has 1 unspecified atom stereocenters. The summed E-state index contributed by atoms with van der Waals surface area (Å²) in [4.78, 5) is 0.0198. The molecule has 0 aromatic heterocycles. The summed E-state index contributed by atoms with van der Waals surface area (Å²) < 4.78 is 28.4. The Morgan fingerprint density at radius 2 is 1.95 bits per heavy atom. The van der Waals surface area contributed by atoms with Gasteiger partial charge in [-0.25, -0.2) is 13.6 Å². The van der Waals surface area contributed by atoms with Crippen molar-refractivity contribution in [2.24, 2.45) is 5.14 Å². The molecule has 3 rings (SSSR count). The fourth-order valence-electron chi connectivity index (χ4n) is 2.31. The van der Waals surface area contributed by atoms with Crippen LogP contribution in [0.5, 0.6) is 5.75 Å². The van der Waals surface area contributed by atoms with Crippen LogP contribution in [0.15, 0.2) is 47.4 Å². The Labute approximate surface area is 122 Å². The zero-order valence-corrected chi connectivity index (χ0v) is 11.9. The summed E-state index contributed by atoms with van der Waals surface area (Å²) in [7, 11) is -3.76. The Morgan fingerprint density at radius 3 is 2.71 bits per heavy atom. The summed E-state index contributed by atoms with van der Waals surface area (Å²) in [5.41, 5.74) is 7.87. The van der Waals surface area contributed by atoms with Gasteiger partial charge in [0.05, 0.1) is 22.3 Å². The summed E-state index contributed by atoms with van der Waals surface area (Å²) in [5, 5.41) is 8.35. The van der Waals surface area contributed by atoms with Crippen LogP contribution in [0.3, 0.4) is 0 Å². The van der Waals surface area contributed by atoms with E-state index >= 15 is 0 Å². The second-order valence-electron chi connectivity index (χ2n) is 4.84. The summed E-state index contributed by atoms with van der Waals surface area (Å²) in [6, 6.07) is 11.9. The zero-order valence-electron chi connectivity index (χ0n) is 11.1. The highest BCUT2D eigenvalue weighted by Crippen LogP contribution is 2.35. The predicted molar refractivity (Wildman–Crippen MR) is 80.5 cm³/mol. The normalized spacial score (nSPS) is 17.1. The molecule has 5 N–H and O–H groups in total. The molecular weight excluding hydrogens is 290 g/mol. The molecule has 0 fully saturated rings. The minimum atomic E-state index is -3.76. The van der Waals surface area contributed by atoms with Gasteiger partial charge in [-0.05, 0) is 24.3 Å². The van der Waals surface area contributed by atoms with Crippen molar-refractivity contribution in [1.29, 1.82) is 0 Å². The van der Waals surface area contributed by atoms with Crippen LogP contribution in [-0.4, -0.2) is 15.0 Å². The van der Waals surface area contributed by atoms with E-state index in [4.69, 9.17) is 15.6 Å². The van der Waals surface area contributed by atoms with Crippen molar-refractivity contribution < 1.29 is 13.2 Å². The molecule has 0 radical (unpaired) electrons. The minimum absolute atomic E-state index is 0.0198. The molecule has 2 aromatic carbocycles. The monoisotopic (exact) mass is 305 g/mol. The number of anilines is 2. The number of nitrogens with one attached hydrogen (secondary N) is 1. The molecule has 1 atom stereocenters. The SMILES string of the molecule is Nc1ccc(S(N)(=O)=O)cc1NC1COc2ccccc21. The maximum absolute atomic E-state index is 11.4. The smallest absolute Gasteiger partial charge is 0.238 e. The van der Waals surface area contributed by atoms with Crippen molar-refractivity contribution in [2.75, 3.05) is 17.7 Å². The van der Waals surface area contributed by atoms with Crippen molar-refractivity contribution in [2.45, 2.75) is 10.9 Å². The van der Waals surface area contributed by atoms with E-state index < -0.39 is 10.0 Å². The van der Waals surface area contributed by atoms with Crippen molar-refractivity contribution in [3.8, 4) is 5.75 Å². The van der Waals surface area contributed by atoms with Crippen molar-refractivity contribution in [1.82, 2.24) is 0 Å². The molecule has 0 saturated carbocycles. The summed E-state index contributed by atoms with van der Waals surface area (Å²) >= 11 is 0. The molecular formula is C14H15N3O3S. The third-order valence-electron chi connectivity index (χ3n) is 3.38. The highest BCUT2D eigenvalue weighted by atomic mass is 32.2. The summed E-state index contributed by atoms with van der Waals surface area (Å²) in [5.74, 6) is 0.816. The lowest BCUT2D eigenvalue weighted by atomic mass is 10.1. The van der Waals surface area contributed by atoms with Crippen molar-refractivity contribution in [3.63, 3.8) is 0 Å². The average Bonchev–Trinajstić information content (AvgIpc) is 2.83. The fraction of sp³-hybridized carbons (Fsp3) is 0.143. The summed E-state index contributed by atoms with van der Waals surface area (Å²) in [6.07, 6.45) is 0. The lowest BCUT2D eigenvalue weighted by Gasteiger charge is -2.16. The van der Waals surface area contributed by atoms with Crippen LogP contribution in [0.1, 0.15) is 11.6 Å². The molecule has 0 aliphatic carbocycles. The number of rotatable bonds is 3. The average molecular weight is 305 g/mol. The molecule has 2 aromatic rings. The Hall–Kier alpha value is -2.25. The molecule has 1 heterocycles. The highest BCUT2D eigenvalue weighted by Gasteiger charge is 2.24. The maximum atomic E-state index is 11.4. The maximum Gasteiger partial charge on any atom is 0.238 e. The van der Waals surface area contributed by atoms with E-state index in [1.54, 1.807) is 0 Å². The first-order chi connectivity index (χ1) is 9.95. The second-order valence-corrected chi connectivity index (χ2v) is 6.40. The molecule has 21 heavy (non-hydrogen) atoms.